The summed E-state index contributed by atoms with van der Waals surface area (Å²) in [5, 5.41) is 10.1. The van der Waals surface area contributed by atoms with Crippen molar-refractivity contribution in [3.8, 4) is 6.07 Å². The zero-order valence-corrected chi connectivity index (χ0v) is 13.8. The minimum Gasteiger partial charge on any atom is -0.332 e. The van der Waals surface area contributed by atoms with Crippen LogP contribution < -0.4 is 0 Å². The molecule has 0 radical (unpaired) electrons. The number of hydrogen-bond acceptors (Lipinski definition) is 2. The fraction of sp³-hybridized carbons (Fsp3) is 0.222. The summed E-state index contributed by atoms with van der Waals surface area (Å²) in [6, 6.07) is 14.4. The Hall–Kier alpha value is -2.02. The van der Waals surface area contributed by atoms with E-state index in [1.165, 1.54) is 0 Å². The molecule has 3 rings (SSSR count). The Balaban J connectivity index is 1.94. The van der Waals surface area contributed by atoms with E-state index in [4.69, 9.17) is 28.5 Å². The largest absolute Gasteiger partial charge is 0.332 e. The number of nitriles is 1. The molecular formula is C18H14Cl2N2O. The molecule has 1 aliphatic heterocycles. The lowest BCUT2D eigenvalue weighted by atomic mass is 10.0. The average Bonchev–Trinajstić information content (AvgIpc) is 3.04. The monoisotopic (exact) mass is 344 g/mol. The molecule has 2 aromatic carbocycles. The van der Waals surface area contributed by atoms with Crippen LogP contribution in [0, 0.1) is 11.3 Å². The van der Waals surface area contributed by atoms with Gasteiger partial charge in [0.05, 0.1) is 28.3 Å². The SMILES string of the molecule is N#Cc1ccc(Cl)c(C(=O)N2CCCC2c2cccc(Cl)c2)c1. The molecule has 1 unspecified atom stereocenters. The van der Waals surface area contributed by atoms with Gasteiger partial charge in [0, 0.05) is 11.6 Å². The van der Waals surface area contributed by atoms with Crippen molar-refractivity contribution in [2.75, 3.05) is 6.54 Å². The predicted octanol–water partition coefficient (Wildman–Crippen LogP) is 4.84. The molecule has 116 valence electrons. The van der Waals surface area contributed by atoms with Gasteiger partial charge in [-0.25, -0.2) is 0 Å². The maximum absolute atomic E-state index is 12.9. The Kier molecular flexibility index (Phi) is 4.56. The Morgan fingerprint density at radius 2 is 2.04 bits per heavy atom. The first-order valence-corrected chi connectivity index (χ1v) is 8.12. The van der Waals surface area contributed by atoms with E-state index in [-0.39, 0.29) is 11.9 Å². The van der Waals surface area contributed by atoms with Crippen LogP contribution in [0.3, 0.4) is 0 Å². The molecule has 0 bridgehead atoms. The minimum atomic E-state index is -0.144. The van der Waals surface area contributed by atoms with Gasteiger partial charge >= 0.3 is 0 Å². The van der Waals surface area contributed by atoms with Gasteiger partial charge in [0.1, 0.15) is 0 Å². The number of carbonyl (C=O) groups is 1. The number of carbonyl (C=O) groups excluding carboxylic acids is 1. The summed E-state index contributed by atoms with van der Waals surface area (Å²) in [6.45, 7) is 0.670. The van der Waals surface area contributed by atoms with Crippen LogP contribution >= 0.6 is 23.2 Å². The standard InChI is InChI=1S/C18H14Cl2N2O/c19-14-4-1-3-13(10-14)17-5-2-8-22(17)18(23)15-9-12(11-21)6-7-16(15)20/h1,3-4,6-7,9-10,17H,2,5,8H2. The molecule has 1 fully saturated rings. The number of halogens is 2. The summed E-state index contributed by atoms with van der Waals surface area (Å²) in [5.41, 5.74) is 1.83. The Morgan fingerprint density at radius 1 is 1.22 bits per heavy atom. The summed E-state index contributed by atoms with van der Waals surface area (Å²) in [5.74, 6) is -0.144. The number of nitrogens with zero attached hydrogens (tertiary/aromatic N) is 2. The predicted molar refractivity (Wildman–Crippen MR) is 90.6 cm³/mol. The van der Waals surface area contributed by atoms with Gasteiger partial charge in [0.15, 0.2) is 0 Å². The second-order valence-corrected chi connectivity index (χ2v) is 6.36. The third kappa shape index (κ3) is 3.19. The number of rotatable bonds is 2. The van der Waals surface area contributed by atoms with Crippen LogP contribution in [0.4, 0.5) is 0 Å². The van der Waals surface area contributed by atoms with Crippen LogP contribution in [0.2, 0.25) is 10.0 Å². The molecule has 3 nitrogen and oxygen atoms in total. The van der Waals surface area contributed by atoms with Crippen molar-refractivity contribution < 1.29 is 4.79 Å². The van der Waals surface area contributed by atoms with Crippen LogP contribution in [0.1, 0.15) is 40.4 Å². The highest BCUT2D eigenvalue weighted by Gasteiger charge is 2.31. The van der Waals surface area contributed by atoms with E-state index in [1.807, 2.05) is 35.2 Å². The average molecular weight is 345 g/mol. The second kappa shape index (κ2) is 6.62. The normalized spacial score (nSPS) is 17.1. The number of likely N-dealkylation sites (tertiary alicyclic amines) is 1. The lowest BCUT2D eigenvalue weighted by Crippen LogP contribution is -2.30. The van der Waals surface area contributed by atoms with Gasteiger partial charge in [0.25, 0.3) is 5.91 Å². The summed E-state index contributed by atoms with van der Waals surface area (Å²) in [4.78, 5) is 14.7. The van der Waals surface area contributed by atoms with Crippen molar-refractivity contribution in [1.29, 1.82) is 5.26 Å². The lowest BCUT2D eigenvalue weighted by molar-refractivity contribution is 0.0736. The molecule has 0 aliphatic carbocycles. The van der Waals surface area contributed by atoms with E-state index in [0.29, 0.717) is 27.7 Å². The molecule has 1 heterocycles. The van der Waals surface area contributed by atoms with Gasteiger partial charge < -0.3 is 4.90 Å². The Labute approximate surface area is 145 Å². The van der Waals surface area contributed by atoms with E-state index in [0.717, 1.165) is 18.4 Å². The number of hydrogen-bond donors (Lipinski definition) is 0. The van der Waals surface area contributed by atoms with Crippen LogP contribution in [0.5, 0.6) is 0 Å². The van der Waals surface area contributed by atoms with Crippen LogP contribution in [-0.4, -0.2) is 17.4 Å². The molecular weight excluding hydrogens is 331 g/mol. The molecule has 5 heteroatoms. The maximum Gasteiger partial charge on any atom is 0.255 e. The fourth-order valence-corrected chi connectivity index (χ4v) is 3.38. The summed E-state index contributed by atoms with van der Waals surface area (Å²) >= 11 is 12.2. The molecule has 1 aliphatic rings. The molecule has 1 amide bonds. The maximum atomic E-state index is 12.9. The summed E-state index contributed by atoms with van der Waals surface area (Å²) in [6.07, 6.45) is 1.82. The van der Waals surface area contributed by atoms with Crippen LogP contribution in [0.15, 0.2) is 42.5 Å². The Bertz CT molecular complexity index is 798. The molecule has 2 aromatic rings. The van der Waals surface area contributed by atoms with Gasteiger partial charge in [0.2, 0.25) is 0 Å². The van der Waals surface area contributed by atoms with Crippen LogP contribution in [0.25, 0.3) is 0 Å². The molecule has 0 spiro atoms. The number of amides is 1. The van der Waals surface area contributed by atoms with Crippen molar-refractivity contribution in [3.05, 3.63) is 69.2 Å². The summed E-state index contributed by atoms with van der Waals surface area (Å²) < 4.78 is 0. The zero-order valence-electron chi connectivity index (χ0n) is 12.3. The molecule has 0 aromatic heterocycles. The first-order chi connectivity index (χ1) is 11.1. The summed E-state index contributed by atoms with van der Waals surface area (Å²) in [7, 11) is 0. The highest BCUT2D eigenvalue weighted by molar-refractivity contribution is 6.34. The van der Waals surface area contributed by atoms with Crippen LogP contribution in [-0.2, 0) is 0 Å². The molecule has 1 atom stereocenters. The first kappa shape index (κ1) is 15.9. The van der Waals surface area contributed by atoms with Gasteiger partial charge in [-0.1, -0.05) is 35.3 Å². The van der Waals surface area contributed by atoms with E-state index < -0.39 is 0 Å². The highest BCUT2D eigenvalue weighted by Crippen LogP contribution is 2.35. The molecule has 23 heavy (non-hydrogen) atoms. The smallest absolute Gasteiger partial charge is 0.255 e. The van der Waals surface area contributed by atoms with Gasteiger partial charge in [-0.2, -0.15) is 5.26 Å². The van der Waals surface area contributed by atoms with Crippen molar-refractivity contribution in [2.45, 2.75) is 18.9 Å². The van der Waals surface area contributed by atoms with Gasteiger partial charge in [-0.05, 0) is 48.7 Å². The minimum absolute atomic E-state index is 0.0111. The van der Waals surface area contributed by atoms with Gasteiger partial charge in [-0.3, -0.25) is 4.79 Å². The van der Waals surface area contributed by atoms with E-state index in [1.54, 1.807) is 18.2 Å². The fourth-order valence-electron chi connectivity index (χ4n) is 2.98. The molecule has 0 N–H and O–H groups in total. The number of benzene rings is 2. The topological polar surface area (TPSA) is 44.1 Å². The first-order valence-electron chi connectivity index (χ1n) is 7.36. The van der Waals surface area contributed by atoms with Crippen molar-refractivity contribution in [3.63, 3.8) is 0 Å². The van der Waals surface area contributed by atoms with Crippen molar-refractivity contribution in [1.82, 2.24) is 4.90 Å². The van der Waals surface area contributed by atoms with E-state index in [9.17, 15) is 4.79 Å². The molecule has 1 saturated heterocycles. The van der Waals surface area contributed by atoms with Crippen molar-refractivity contribution >= 4 is 29.1 Å². The highest BCUT2D eigenvalue weighted by atomic mass is 35.5. The second-order valence-electron chi connectivity index (χ2n) is 5.52. The third-order valence-corrected chi connectivity index (χ3v) is 4.64. The van der Waals surface area contributed by atoms with E-state index in [2.05, 4.69) is 0 Å². The van der Waals surface area contributed by atoms with Crippen molar-refractivity contribution in [2.24, 2.45) is 0 Å². The Morgan fingerprint density at radius 3 is 2.78 bits per heavy atom. The lowest BCUT2D eigenvalue weighted by Gasteiger charge is -2.25. The van der Waals surface area contributed by atoms with Gasteiger partial charge in [-0.15, -0.1) is 0 Å². The van der Waals surface area contributed by atoms with E-state index >= 15 is 0 Å². The third-order valence-electron chi connectivity index (χ3n) is 4.07. The molecule has 0 saturated carbocycles. The quantitative estimate of drug-likeness (QED) is 0.782. The zero-order chi connectivity index (χ0) is 16.4.